The van der Waals surface area contributed by atoms with Crippen LogP contribution in [0.3, 0.4) is 0 Å². The molecular formula is C50H54N2O2P2. The van der Waals surface area contributed by atoms with Crippen LogP contribution in [0.4, 0.5) is 11.4 Å². The van der Waals surface area contributed by atoms with Crippen LogP contribution in [0.2, 0.25) is 0 Å². The zero-order valence-corrected chi connectivity index (χ0v) is 36.5. The minimum atomic E-state index is -1.05. The third-order valence-corrected chi connectivity index (χ3v) is 18.1. The zero-order valence-electron chi connectivity index (χ0n) is 34.7. The van der Waals surface area contributed by atoms with Gasteiger partial charge >= 0.3 is 0 Å². The molecule has 0 N–H and O–H groups in total. The number of hydrogen-bond donors (Lipinski definition) is 0. The van der Waals surface area contributed by atoms with Gasteiger partial charge in [0.25, 0.3) is 0 Å². The molecule has 0 bridgehead atoms. The van der Waals surface area contributed by atoms with Crippen molar-refractivity contribution in [3.8, 4) is 22.6 Å². The molecule has 4 nitrogen and oxygen atoms in total. The van der Waals surface area contributed by atoms with E-state index in [4.69, 9.17) is 9.47 Å². The molecule has 2 heterocycles. The van der Waals surface area contributed by atoms with E-state index >= 15 is 0 Å². The van der Waals surface area contributed by atoms with Gasteiger partial charge in [0.05, 0.1) is 24.5 Å². The lowest BCUT2D eigenvalue weighted by Gasteiger charge is -2.37. The van der Waals surface area contributed by atoms with E-state index in [2.05, 4.69) is 176 Å². The van der Waals surface area contributed by atoms with Crippen LogP contribution < -0.4 is 51.1 Å². The number of fused-ring (bicyclic) bond motifs is 2. The van der Waals surface area contributed by atoms with E-state index in [0.717, 1.165) is 36.0 Å². The van der Waals surface area contributed by atoms with Gasteiger partial charge in [-0.05, 0) is 160 Å². The Morgan fingerprint density at radius 3 is 0.929 bits per heavy atom. The first kappa shape index (κ1) is 38.3. The maximum Gasteiger partial charge on any atom is 0.151 e. The molecule has 6 heteroatoms. The van der Waals surface area contributed by atoms with E-state index in [0.29, 0.717) is 13.2 Å². The van der Waals surface area contributed by atoms with E-state index in [1.165, 1.54) is 87.5 Å². The molecule has 0 radical (unpaired) electrons. The number of benzene rings is 6. The van der Waals surface area contributed by atoms with E-state index in [9.17, 15) is 0 Å². The molecule has 0 unspecified atom stereocenters. The van der Waals surface area contributed by atoms with Crippen LogP contribution in [-0.4, -0.2) is 40.4 Å². The maximum absolute atomic E-state index is 7.03. The van der Waals surface area contributed by atoms with Crippen LogP contribution in [0.1, 0.15) is 44.5 Å². The molecule has 0 spiro atoms. The van der Waals surface area contributed by atoms with Gasteiger partial charge in [-0.2, -0.15) is 0 Å². The molecule has 8 rings (SSSR count). The molecule has 2 aliphatic rings. The van der Waals surface area contributed by atoms with E-state index in [1.807, 2.05) is 0 Å². The summed E-state index contributed by atoms with van der Waals surface area (Å²) >= 11 is 0. The van der Waals surface area contributed by atoms with Gasteiger partial charge in [0, 0.05) is 25.2 Å². The molecule has 0 aliphatic carbocycles. The molecule has 0 amide bonds. The second-order valence-electron chi connectivity index (χ2n) is 15.8. The Bertz CT molecular complexity index is 2130. The van der Waals surface area contributed by atoms with Crippen LogP contribution in [0.5, 0.6) is 11.5 Å². The summed E-state index contributed by atoms with van der Waals surface area (Å²) in [5.41, 5.74) is 15.2. The van der Waals surface area contributed by atoms with Crippen LogP contribution >= 0.6 is 15.8 Å². The molecule has 6 aromatic rings. The van der Waals surface area contributed by atoms with Crippen molar-refractivity contribution in [2.24, 2.45) is 0 Å². The summed E-state index contributed by atoms with van der Waals surface area (Å²) in [6, 6.07) is 36.7. The minimum Gasteiger partial charge on any atom is -0.489 e. The lowest BCUT2D eigenvalue weighted by atomic mass is 9.99. The lowest BCUT2D eigenvalue weighted by Crippen LogP contribution is -2.35. The molecular weight excluding hydrogens is 723 g/mol. The Morgan fingerprint density at radius 2 is 0.661 bits per heavy atom. The van der Waals surface area contributed by atoms with Crippen LogP contribution in [0.25, 0.3) is 11.1 Å². The van der Waals surface area contributed by atoms with Crippen molar-refractivity contribution in [1.82, 2.24) is 0 Å². The highest BCUT2D eigenvalue weighted by Gasteiger charge is 2.37. The Morgan fingerprint density at radius 1 is 0.393 bits per heavy atom. The van der Waals surface area contributed by atoms with Crippen LogP contribution in [-0.2, 0) is 0 Å². The number of ether oxygens (including phenoxy) is 2. The van der Waals surface area contributed by atoms with E-state index in [1.54, 1.807) is 0 Å². The van der Waals surface area contributed by atoms with Gasteiger partial charge in [0.1, 0.15) is 13.2 Å². The van der Waals surface area contributed by atoms with Gasteiger partial charge in [0.15, 0.2) is 11.5 Å². The summed E-state index contributed by atoms with van der Waals surface area (Å²) in [6.45, 7) is 21.3. The third-order valence-electron chi connectivity index (χ3n) is 11.8. The van der Waals surface area contributed by atoms with Crippen molar-refractivity contribution in [1.29, 1.82) is 0 Å². The summed E-state index contributed by atoms with van der Waals surface area (Å²) in [5, 5.41) is 8.30. The first-order valence-electron chi connectivity index (χ1n) is 19.8. The van der Waals surface area contributed by atoms with E-state index in [-0.39, 0.29) is 0 Å². The highest BCUT2D eigenvalue weighted by atomic mass is 31.1. The van der Waals surface area contributed by atoms with Crippen LogP contribution in [0.15, 0.2) is 97.1 Å². The number of hydrogen-bond acceptors (Lipinski definition) is 4. The van der Waals surface area contributed by atoms with Crippen molar-refractivity contribution >= 4 is 59.0 Å². The van der Waals surface area contributed by atoms with Crippen molar-refractivity contribution in [2.45, 2.75) is 55.4 Å². The average molecular weight is 777 g/mol. The molecule has 0 saturated carbocycles. The predicted octanol–water partition coefficient (Wildman–Crippen LogP) is 8.99. The van der Waals surface area contributed by atoms with Crippen molar-refractivity contribution < 1.29 is 9.47 Å². The van der Waals surface area contributed by atoms with Gasteiger partial charge < -0.3 is 19.3 Å². The van der Waals surface area contributed by atoms with Crippen molar-refractivity contribution in [3.63, 3.8) is 0 Å². The summed E-state index contributed by atoms with van der Waals surface area (Å²) in [7, 11) is 2.30. The fraction of sp³-hybridized carbons (Fsp3) is 0.280. The standard InChI is InChI=1S/C50H54N2O2P2/c1-31-15-11-16-32(2)47(31)55(48-33(3)17-12-18-34(48)4)41-25-23-39-45(53-29-27-51(39)9)43(41)44-42(26-24-40-46(44)54-30-28-52(40)10)56(49-35(5)19-13-20-36(49)6)50-37(7)21-14-22-38(50)8/h11-26H,27-30H2,1-10H3. The van der Waals surface area contributed by atoms with Crippen molar-refractivity contribution in [3.05, 3.63) is 142 Å². The Balaban J connectivity index is 1.59. The zero-order chi connectivity index (χ0) is 39.4. The molecule has 0 saturated heterocycles. The number of aryl methyl sites for hydroxylation is 8. The summed E-state index contributed by atoms with van der Waals surface area (Å²) in [5.74, 6) is 1.93. The maximum atomic E-state index is 7.03. The van der Waals surface area contributed by atoms with Gasteiger partial charge in [0.2, 0.25) is 0 Å². The molecule has 56 heavy (non-hydrogen) atoms. The predicted molar refractivity (Wildman–Crippen MR) is 245 cm³/mol. The summed E-state index contributed by atoms with van der Waals surface area (Å²) in [6.07, 6.45) is 0. The van der Waals surface area contributed by atoms with Gasteiger partial charge in [-0.1, -0.05) is 84.9 Å². The lowest BCUT2D eigenvalue weighted by molar-refractivity contribution is 0.308. The van der Waals surface area contributed by atoms with Crippen LogP contribution in [0, 0.1) is 55.4 Å². The number of rotatable bonds is 7. The van der Waals surface area contributed by atoms with Crippen molar-refractivity contribution in [2.75, 3.05) is 50.2 Å². The second kappa shape index (κ2) is 15.4. The highest BCUT2D eigenvalue weighted by Crippen LogP contribution is 2.54. The minimum absolute atomic E-state index is 0.623. The van der Waals surface area contributed by atoms with Gasteiger partial charge in [-0.3, -0.25) is 0 Å². The third kappa shape index (κ3) is 6.50. The first-order valence-corrected chi connectivity index (χ1v) is 22.5. The number of anilines is 2. The molecule has 286 valence electrons. The molecule has 0 atom stereocenters. The fourth-order valence-corrected chi connectivity index (χ4v) is 15.2. The quantitative estimate of drug-likeness (QED) is 0.151. The number of likely N-dealkylation sites (N-methyl/N-ethyl adjacent to an activating group) is 2. The monoisotopic (exact) mass is 776 g/mol. The van der Waals surface area contributed by atoms with Gasteiger partial charge in [-0.25, -0.2) is 0 Å². The summed E-state index contributed by atoms with van der Waals surface area (Å²) < 4.78 is 14.1. The topological polar surface area (TPSA) is 24.9 Å². The molecule has 0 aromatic heterocycles. The molecule has 0 fully saturated rings. The molecule has 2 aliphatic heterocycles. The SMILES string of the molecule is Cc1cccc(C)c1P(c1ccc2c(c1-c1c(P(c3c(C)cccc3C)c3c(C)cccc3C)ccc3c1OCCN3C)OCCN2C)c1c(C)cccc1C. The van der Waals surface area contributed by atoms with E-state index < -0.39 is 15.8 Å². The fourth-order valence-electron chi connectivity index (χ4n) is 9.02. The smallest absolute Gasteiger partial charge is 0.151 e. The largest absolute Gasteiger partial charge is 0.489 e. The Labute approximate surface area is 337 Å². The normalized spacial score (nSPS) is 13.8. The second-order valence-corrected chi connectivity index (χ2v) is 19.9. The Hall–Kier alpha value is -4.62. The number of nitrogens with zero attached hydrogens (tertiary/aromatic N) is 2. The average Bonchev–Trinajstić information content (AvgIpc) is 3.16. The summed E-state index contributed by atoms with van der Waals surface area (Å²) in [4.78, 5) is 4.74. The van der Waals surface area contributed by atoms with Gasteiger partial charge in [-0.15, -0.1) is 0 Å². The first-order chi connectivity index (χ1) is 27.0. The highest BCUT2D eigenvalue weighted by molar-refractivity contribution is 7.81. The molecule has 6 aromatic carbocycles. The Kier molecular flexibility index (Phi) is 10.5.